The molecular weight excluding hydrogens is 392 g/mol. The van der Waals surface area contributed by atoms with E-state index in [-0.39, 0.29) is 29.3 Å². The van der Waals surface area contributed by atoms with Gasteiger partial charge in [0.15, 0.2) is 6.61 Å². The summed E-state index contributed by atoms with van der Waals surface area (Å²) in [5, 5.41) is 0. The van der Waals surface area contributed by atoms with Crippen LogP contribution in [0.25, 0.3) is 0 Å². The largest absolute Gasteiger partial charge is 0.468 e. The third-order valence-corrected chi connectivity index (χ3v) is 5.76. The van der Waals surface area contributed by atoms with Crippen molar-refractivity contribution in [3.05, 3.63) is 11.3 Å². The highest BCUT2D eigenvalue weighted by molar-refractivity contribution is 6.10. The average molecular weight is 422 g/mol. The smallest absolute Gasteiger partial charge is 0.336 e. The number of hydrogen-bond acceptors (Lipinski definition) is 8. The zero-order chi connectivity index (χ0) is 22.6. The Hall–Kier alpha value is -2.71. The van der Waals surface area contributed by atoms with Gasteiger partial charge in [-0.2, -0.15) is 0 Å². The molecule has 2 heterocycles. The maximum absolute atomic E-state index is 13.0. The highest BCUT2D eigenvalue weighted by Crippen LogP contribution is 2.33. The average Bonchev–Trinajstić information content (AvgIpc) is 2.70. The summed E-state index contributed by atoms with van der Waals surface area (Å²) in [7, 11) is 2.36. The summed E-state index contributed by atoms with van der Waals surface area (Å²) in [5.74, 6) is -5.13. The Morgan fingerprint density at radius 2 is 1.57 bits per heavy atom. The molecule has 1 fully saturated rings. The molecule has 4 atom stereocenters. The number of esters is 3. The Labute approximate surface area is 176 Å². The van der Waals surface area contributed by atoms with Crippen LogP contribution in [-0.2, 0) is 33.4 Å². The van der Waals surface area contributed by atoms with Crippen molar-refractivity contribution in [3.63, 3.8) is 0 Å². The van der Waals surface area contributed by atoms with Gasteiger partial charge in [-0.15, -0.1) is 0 Å². The van der Waals surface area contributed by atoms with Crippen molar-refractivity contribution in [3.8, 4) is 0 Å². The second-order valence-corrected chi connectivity index (χ2v) is 7.76. The van der Waals surface area contributed by atoms with E-state index in [9.17, 15) is 19.2 Å². The highest BCUT2D eigenvalue weighted by Gasteiger charge is 2.46. The third kappa shape index (κ3) is 4.71. The van der Waals surface area contributed by atoms with Gasteiger partial charge in [0.2, 0.25) is 0 Å². The quantitative estimate of drug-likeness (QED) is 0.489. The van der Waals surface area contributed by atoms with Crippen LogP contribution in [0, 0.1) is 11.8 Å². The Bertz CT molecular complexity index is 776. The van der Waals surface area contributed by atoms with E-state index in [2.05, 4.69) is 4.99 Å². The molecule has 0 bridgehead atoms. The first-order valence-corrected chi connectivity index (χ1v) is 10.0. The topological polar surface area (TPSA) is 112 Å². The van der Waals surface area contributed by atoms with E-state index in [1.54, 1.807) is 18.7 Å². The minimum atomic E-state index is -1.30. The van der Waals surface area contributed by atoms with E-state index in [4.69, 9.17) is 14.2 Å². The van der Waals surface area contributed by atoms with E-state index in [0.29, 0.717) is 5.71 Å². The zero-order valence-corrected chi connectivity index (χ0v) is 18.4. The summed E-state index contributed by atoms with van der Waals surface area (Å²) in [6, 6.07) is 0.110. The molecule has 1 unspecified atom stereocenters. The minimum absolute atomic E-state index is 0.0552. The molecule has 0 aliphatic carbocycles. The monoisotopic (exact) mass is 422 g/mol. The predicted molar refractivity (Wildman–Crippen MR) is 107 cm³/mol. The van der Waals surface area contributed by atoms with Gasteiger partial charge in [0.05, 0.1) is 19.8 Å². The van der Waals surface area contributed by atoms with Gasteiger partial charge in [-0.25, -0.2) is 4.79 Å². The fourth-order valence-electron chi connectivity index (χ4n) is 4.31. The number of likely N-dealkylation sites (tertiary alicyclic amines) is 1. The number of piperidine rings is 1. The van der Waals surface area contributed by atoms with Crippen LogP contribution in [0.4, 0.5) is 0 Å². The molecule has 0 spiro atoms. The summed E-state index contributed by atoms with van der Waals surface area (Å²) in [6.45, 7) is 6.57. The lowest BCUT2D eigenvalue weighted by atomic mass is 9.80. The molecule has 1 saturated heterocycles. The van der Waals surface area contributed by atoms with Gasteiger partial charge < -0.3 is 19.1 Å². The molecule has 9 heteroatoms. The highest BCUT2D eigenvalue weighted by atomic mass is 16.5. The summed E-state index contributed by atoms with van der Waals surface area (Å²) >= 11 is 0. The molecule has 0 N–H and O–H groups in total. The summed E-state index contributed by atoms with van der Waals surface area (Å²) in [5.41, 5.74) is 0.500. The fraction of sp³-hybridized carbons (Fsp3) is 0.667. The van der Waals surface area contributed by atoms with E-state index in [1.165, 1.54) is 14.2 Å². The number of carbonyl (C=O) groups is 4. The molecule has 0 aromatic rings. The van der Waals surface area contributed by atoms with Gasteiger partial charge >= 0.3 is 17.9 Å². The van der Waals surface area contributed by atoms with Gasteiger partial charge in [-0.1, -0.05) is 0 Å². The minimum Gasteiger partial charge on any atom is -0.468 e. The summed E-state index contributed by atoms with van der Waals surface area (Å²) in [4.78, 5) is 56.4. The lowest BCUT2D eigenvalue weighted by Gasteiger charge is -2.39. The van der Waals surface area contributed by atoms with Crippen LogP contribution in [-0.4, -0.2) is 67.3 Å². The van der Waals surface area contributed by atoms with Crippen molar-refractivity contribution in [2.75, 3.05) is 20.8 Å². The first kappa shape index (κ1) is 23.6. The molecule has 166 valence electrons. The van der Waals surface area contributed by atoms with Crippen LogP contribution in [0.2, 0.25) is 0 Å². The number of methoxy groups -OCH3 is 2. The molecule has 2 aliphatic heterocycles. The van der Waals surface area contributed by atoms with Crippen LogP contribution in [0.3, 0.4) is 0 Å². The molecule has 0 radical (unpaired) electrons. The molecule has 30 heavy (non-hydrogen) atoms. The van der Waals surface area contributed by atoms with Gasteiger partial charge in [-0.05, 0) is 47.0 Å². The third-order valence-electron chi connectivity index (χ3n) is 5.76. The van der Waals surface area contributed by atoms with Crippen molar-refractivity contribution in [1.82, 2.24) is 4.90 Å². The Balaban J connectivity index is 2.26. The Kier molecular flexibility index (Phi) is 7.75. The van der Waals surface area contributed by atoms with E-state index in [0.717, 1.165) is 19.3 Å². The molecular formula is C21H30N2O7. The normalized spacial score (nSPS) is 26.6. The molecule has 0 aromatic heterocycles. The fourth-order valence-corrected chi connectivity index (χ4v) is 4.31. The van der Waals surface area contributed by atoms with E-state index < -0.39 is 36.4 Å². The number of ether oxygens (including phenoxy) is 3. The first-order chi connectivity index (χ1) is 14.1. The molecule has 9 nitrogen and oxygen atoms in total. The second kappa shape index (κ2) is 9.86. The van der Waals surface area contributed by atoms with E-state index in [1.807, 2.05) is 13.8 Å². The standard InChI is InChI=1S/C21H30N2O7/c1-11-8-7-9-12(2)23(11)15(24)10-30-21(27)18-16(19(25)28-5)13(3)22-14(4)17(18)20(26)29-6/h11-12,16,18H,7-10H2,1-6H3/t11-,12+,16?,18-/m1/s1. The van der Waals surface area contributed by atoms with Gasteiger partial charge in [0, 0.05) is 23.5 Å². The van der Waals surface area contributed by atoms with Crippen LogP contribution in [0.5, 0.6) is 0 Å². The van der Waals surface area contributed by atoms with Crippen molar-refractivity contribution >= 4 is 29.5 Å². The van der Waals surface area contributed by atoms with E-state index >= 15 is 0 Å². The molecule has 1 amide bonds. The van der Waals surface area contributed by atoms with Crippen LogP contribution >= 0.6 is 0 Å². The maximum atomic E-state index is 13.0. The van der Waals surface area contributed by atoms with Crippen LogP contribution in [0.15, 0.2) is 16.3 Å². The molecule has 0 saturated carbocycles. The number of allylic oxidation sites excluding steroid dienone is 1. The van der Waals surface area contributed by atoms with Gasteiger partial charge in [0.25, 0.3) is 5.91 Å². The predicted octanol–water partition coefficient (Wildman–Crippen LogP) is 1.65. The van der Waals surface area contributed by atoms with Gasteiger partial charge in [0.1, 0.15) is 11.8 Å². The number of hydrogen-bond donors (Lipinski definition) is 0. The lowest BCUT2D eigenvalue weighted by molar-refractivity contribution is -0.161. The van der Waals surface area contributed by atoms with Crippen molar-refractivity contribution in [2.24, 2.45) is 16.8 Å². The number of aliphatic imine (C=N–C) groups is 1. The summed E-state index contributed by atoms with van der Waals surface area (Å²) in [6.07, 6.45) is 2.82. The lowest BCUT2D eigenvalue weighted by Crippen LogP contribution is -2.49. The van der Waals surface area contributed by atoms with Crippen molar-refractivity contribution in [2.45, 2.75) is 59.0 Å². The number of amides is 1. The Morgan fingerprint density at radius 1 is 0.967 bits per heavy atom. The number of nitrogens with zero attached hydrogens (tertiary/aromatic N) is 2. The SMILES string of the molecule is COC(=O)C1=C(C)N=C(C)C(C(=O)OC)[C@H]1C(=O)OCC(=O)N1[C@H](C)CCC[C@@H]1C. The second-order valence-electron chi connectivity index (χ2n) is 7.76. The van der Waals surface area contributed by atoms with Crippen LogP contribution in [0.1, 0.15) is 47.0 Å². The molecule has 2 rings (SSSR count). The zero-order valence-electron chi connectivity index (χ0n) is 18.4. The first-order valence-electron chi connectivity index (χ1n) is 10.0. The van der Waals surface area contributed by atoms with Crippen LogP contribution < -0.4 is 0 Å². The molecule has 0 aromatic carbocycles. The van der Waals surface area contributed by atoms with Crippen molar-refractivity contribution < 1.29 is 33.4 Å². The van der Waals surface area contributed by atoms with Crippen molar-refractivity contribution in [1.29, 1.82) is 0 Å². The summed E-state index contributed by atoms with van der Waals surface area (Å²) < 4.78 is 14.9. The number of carbonyl (C=O) groups excluding carboxylic acids is 4. The molecule has 2 aliphatic rings. The maximum Gasteiger partial charge on any atom is 0.336 e. The Morgan fingerprint density at radius 3 is 2.10 bits per heavy atom. The number of rotatable bonds is 5. The van der Waals surface area contributed by atoms with Gasteiger partial charge in [-0.3, -0.25) is 19.4 Å².